The van der Waals surface area contributed by atoms with Crippen LogP contribution in [0.4, 0.5) is 0 Å². The van der Waals surface area contributed by atoms with Gasteiger partial charge in [-0.2, -0.15) is 0 Å². The first-order valence-corrected chi connectivity index (χ1v) is 8.72. The zero-order chi connectivity index (χ0) is 17.7. The summed E-state index contributed by atoms with van der Waals surface area (Å²) in [7, 11) is 1.57. The van der Waals surface area contributed by atoms with Crippen LogP contribution in [0, 0.1) is 12.8 Å². The van der Waals surface area contributed by atoms with Gasteiger partial charge >= 0.3 is 0 Å². The monoisotopic (exact) mass is 334 g/mol. The van der Waals surface area contributed by atoms with Crippen LogP contribution in [0.15, 0.2) is 12.4 Å². The number of nitrogens with one attached hydrogen (secondary N) is 1. The van der Waals surface area contributed by atoms with E-state index < -0.39 is 5.60 Å². The lowest BCUT2D eigenvalue weighted by atomic mass is 9.97. The van der Waals surface area contributed by atoms with E-state index in [-0.39, 0.29) is 11.9 Å². The average Bonchev–Trinajstić information content (AvgIpc) is 2.91. The van der Waals surface area contributed by atoms with Crippen molar-refractivity contribution in [2.75, 3.05) is 20.2 Å². The standard InChI is InChI=1S/C18H30N4O2/c1-6-7-14-10-22(11-15-13(2)19-8-9-20-15)12-16(14)21-17(23)18(3,4)24-5/h8-9,14,16H,6-7,10-12H2,1-5H3,(H,21,23)/t14-,16-/m0/s1. The van der Waals surface area contributed by atoms with Crippen LogP contribution in [0.25, 0.3) is 0 Å². The zero-order valence-corrected chi connectivity index (χ0v) is 15.5. The minimum Gasteiger partial charge on any atom is -0.369 e. The first kappa shape index (κ1) is 18.8. The highest BCUT2D eigenvalue weighted by Crippen LogP contribution is 2.24. The summed E-state index contributed by atoms with van der Waals surface area (Å²) in [4.78, 5) is 23.6. The molecule has 1 aromatic heterocycles. The second kappa shape index (κ2) is 8.03. The maximum Gasteiger partial charge on any atom is 0.251 e. The number of rotatable bonds is 7. The third kappa shape index (κ3) is 4.51. The van der Waals surface area contributed by atoms with E-state index in [0.29, 0.717) is 5.92 Å². The molecule has 0 saturated carbocycles. The van der Waals surface area contributed by atoms with Crippen molar-refractivity contribution in [1.29, 1.82) is 0 Å². The molecule has 0 aliphatic carbocycles. The molecule has 2 atom stereocenters. The quantitative estimate of drug-likeness (QED) is 0.825. The van der Waals surface area contributed by atoms with Crippen molar-refractivity contribution in [3.8, 4) is 0 Å². The molecule has 1 amide bonds. The molecule has 1 aliphatic rings. The normalized spacial score (nSPS) is 21.9. The number of aromatic nitrogens is 2. The van der Waals surface area contributed by atoms with E-state index in [1.54, 1.807) is 33.4 Å². The lowest BCUT2D eigenvalue weighted by molar-refractivity contribution is -0.140. The summed E-state index contributed by atoms with van der Waals surface area (Å²) in [6.07, 6.45) is 5.68. The van der Waals surface area contributed by atoms with E-state index in [2.05, 4.69) is 27.1 Å². The Morgan fingerprint density at radius 3 is 2.71 bits per heavy atom. The molecular formula is C18H30N4O2. The Balaban J connectivity index is 2.03. The fourth-order valence-corrected chi connectivity index (χ4v) is 3.15. The second-order valence-corrected chi connectivity index (χ2v) is 7.13. The van der Waals surface area contributed by atoms with Crippen molar-refractivity contribution in [2.45, 2.75) is 58.7 Å². The van der Waals surface area contributed by atoms with E-state index >= 15 is 0 Å². The summed E-state index contributed by atoms with van der Waals surface area (Å²) in [5, 5.41) is 3.19. The van der Waals surface area contributed by atoms with Crippen LogP contribution in [0.5, 0.6) is 0 Å². The van der Waals surface area contributed by atoms with Gasteiger partial charge in [0, 0.05) is 45.2 Å². The minimum absolute atomic E-state index is 0.0476. The van der Waals surface area contributed by atoms with Gasteiger partial charge in [-0.3, -0.25) is 19.7 Å². The molecule has 0 bridgehead atoms. The van der Waals surface area contributed by atoms with Crippen molar-refractivity contribution in [3.63, 3.8) is 0 Å². The summed E-state index contributed by atoms with van der Waals surface area (Å²) >= 11 is 0. The van der Waals surface area contributed by atoms with E-state index in [1.165, 1.54) is 0 Å². The molecule has 2 rings (SSSR count). The first-order chi connectivity index (χ1) is 11.4. The van der Waals surface area contributed by atoms with Crippen molar-refractivity contribution in [3.05, 3.63) is 23.8 Å². The Morgan fingerprint density at radius 2 is 2.08 bits per heavy atom. The molecular weight excluding hydrogens is 304 g/mol. The molecule has 1 aliphatic heterocycles. The fraction of sp³-hybridized carbons (Fsp3) is 0.722. The van der Waals surface area contributed by atoms with Crippen molar-refractivity contribution in [1.82, 2.24) is 20.2 Å². The Kier molecular flexibility index (Phi) is 6.29. The molecule has 134 valence electrons. The van der Waals surface area contributed by atoms with Crippen LogP contribution in [0.2, 0.25) is 0 Å². The molecule has 1 saturated heterocycles. The number of nitrogens with zero attached hydrogens (tertiary/aromatic N) is 3. The van der Waals surface area contributed by atoms with Gasteiger partial charge in [0.05, 0.1) is 11.4 Å². The Hall–Kier alpha value is -1.53. The highest BCUT2D eigenvalue weighted by Gasteiger charge is 2.36. The number of methoxy groups -OCH3 is 1. The maximum absolute atomic E-state index is 12.4. The predicted molar refractivity (Wildman–Crippen MR) is 93.5 cm³/mol. The third-order valence-corrected chi connectivity index (χ3v) is 4.91. The van der Waals surface area contributed by atoms with Crippen molar-refractivity contribution in [2.24, 2.45) is 5.92 Å². The predicted octanol–water partition coefficient (Wildman–Crippen LogP) is 1.93. The second-order valence-electron chi connectivity index (χ2n) is 7.13. The Bertz CT molecular complexity index is 562. The fourth-order valence-electron chi connectivity index (χ4n) is 3.15. The van der Waals surface area contributed by atoms with Crippen molar-refractivity contribution < 1.29 is 9.53 Å². The van der Waals surface area contributed by atoms with Gasteiger partial charge in [0.2, 0.25) is 0 Å². The van der Waals surface area contributed by atoms with E-state index in [1.807, 2.05) is 6.92 Å². The van der Waals surface area contributed by atoms with Crippen LogP contribution in [0.1, 0.15) is 45.0 Å². The summed E-state index contributed by atoms with van der Waals surface area (Å²) in [6, 6.07) is 0.156. The summed E-state index contributed by atoms with van der Waals surface area (Å²) in [6.45, 7) is 10.4. The van der Waals surface area contributed by atoms with E-state index in [9.17, 15) is 4.79 Å². The number of amides is 1. The molecule has 1 N–H and O–H groups in total. The largest absolute Gasteiger partial charge is 0.369 e. The summed E-state index contributed by atoms with van der Waals surface area (Å²) in [5.41, 5.74) is 1.18. The van der Waals surface area contributed by atoms with Gasteiger partial charge < -0.3 is 10.1 Å². The van der Waals surface area contributed by atoms with Gasteiger partial charge in [-0.05, 0) is 33.1 Å². The van der Waals surface area contributed by atoms with Crippen LogP contribution in [0.3, 0.4) is 0 Å². The molecule has 1 fully saturated rings. The summed E-state index contributed by atoms with van der Waals surface area (Å²) < 4.78 is 5.30. The van der Waals surface area contributed by atoms with Crippen LogP contribution < -0.4 is 5.32 Å². The minimum atomic E-state index is -0.800. The molecule has 0 spiro atoms. The van der Waals surface area contributed by atoms with Crippen LogP contribution >= 0.6 is 0 Å². The number of likely N-dealkylation sites (tertiary alicyclic amines) is 1. The highest BCUT2D eigenvalue weighted by molar-refractivity contribution is 5.84. The molecule has 6 heteroatoms. The van der Waals surface area contributed by atoms with Gasteiger partial charge in [0.1, 0.15) is 5.60 Å². The highest BCUT2D eigenvalue weighted by atomic mass is 16.5. The van der Waals surface area contributed by atoms with E-state index in [0.717, 1.165) is 43.9 Å². The van der Waals surface area contributed by atoms with Gasteiger partial charge in [0.25, 0.3) is 5.91 Å². The number of hydrogen-bond acceptors (Lipinski definition) is 5. The van der Waals surface area contributed by atoms with Crippen molar-refractivity contribution >= 4 is 5.91 Å². The maximum atomic E-state index is 12.4. The number of ether oxygens (including phenoxy) is 1. The van der Waals surface area contributed by atoms with Crippen LogP contribution in [-0.2, 0) is 16.1 Å². The van der Waals surface area contributed by atoms with Gasteiger partial charge in [-0.1, -0.05) is 13.3 Å². The first-order valence-electron chi connectivity index (χ1n) is 8.72. The van der Waals surface area contributed by atoms with Crippen LogP contribution in [-0.4, -0.2) is 52.6 Å². The third-order valence-electron chi connectivity index (χ3n) is 4.91. The molecule has 0 aromatic carbocycles. The topological polar surface area (TPSA) is 67.4 Å². The molecule has 0 unspecified atom stereocenters. The van der Waals surface area contributed by atoms with Gasteiger partial charge in [0.15, 0.2) is 0 Å². The average molecular weight is 334 g/mol. The number of carbonyl (C=O) groups excluding carboxylic acids is 1. The smallest absolute Gasteiger partial charge is 0.251 e. The zero-order valence-electron chi connectivity index (χ0n) is 15.5. The van der Waals surface area contributed by atoms with E-state index in [4.69, 9.17) is 4.74 Å². The molecule has 1 aromatic rings. The SMILES string of the molecule is CCC[C@H]1CN(Cc2nccnc2C)C[C@@H]1NC(=O)C(C)(C)OC. The van der Waals surface area contributed by atoms with Gasteiger partial charge in [-0.25, -0.2) is 0 Å². The molecule has 2 heterocycles. The van der Waals surface area contributed by atoms with Gasteiger partial charge in [-0.15, -0.1) is 0 Å². The lowest BCUT2D eigenvalue weighted by Crippen LogP contribution is -2.50. The molecule has 24 heavy (non-hydrogen) atoms. The number of aryl methyl sites for hydroxylation is 1. The molecule has 0 radical (unpaired) electrons. The lowest BCUT2D eigenvalue weighted by Gasteiger charge is -2.26. The Morgan fingerprint density at radius 1 is 1.38 bits per heavy atom. The molecule has 6 nitrogen and oxygen atoms in total. The Labute approximate surface area is 145 Å². The summed E-state index contributed by atoms with van der Waals surface area (Å²) in [5.74, 6) is 0.414. The number of hydrogen-bond donors (Lipinski definition) is 1. The number of carbonyl (C=O) groups is 1.